The minimum absolute atomic E-state index is 0. The monoisotopic (exact) mass is 298 g/mol. The van der Waals surface area contributed by atoms with E-state index in [0.717, 1.165) is 12.8 Å². The van der Waals surface area contributed by atoms with Crippen LogP contribution in [0.4, 0.5) is 0 Å². The summed E-state index contributed by atoms with van der Waals surface area (Å²) in [5.41, 5.74) is 0. The molecule has 3 unspecified atom stereocenters. The highest BCUT2D eigenvalue weighted by molar-refractivity contribution is 7.89. The zero-order chi connectivity index (χ0) is 12.5. The Morgan fingerprint density at radius 3 is 2.39 bits per heavy atom. The number of hydrogen-bond donors (Lipinski definition) is 1. The molecule has 0 amide bonds. The van der Waals surface area contributed by atoms with E-state index < -0.39 is 10.0 Å². The maximum Gasteiger partial charge on any atom is 0.216 e. The van der Waals surface area contributed by atoms with Crippen molar-refractivity contribution < 1.29 is 13.2 Å². The van der Waals surface area contributed by atoms with Gasteiger partial charge in [0.05, 0.1) is 11.9 Å². The summed E-state index contributed by atoms with van der Waals surface area (Å²) < 4.78 is 31.5. The summed E-state index contributed by atoms with van der Waals surface area (Å²) in [6.07, 6.45) is 1.76. The quantitative estimate of drug-likeness (QED) is 0.829. The lowest BCUT2D eigenvalue weighted by molar-refractivity contribution is 0.125. The van der Waals surface area contributed by atoms with Crippen molar-refractivity contribution >= 4 is 22.4 Å². The first-order valence-electron chi connectivity index (χ1n) is 6.33. The van der Waals surface area contributed by atoms with Crippen LogP contribution in [0.25, 0.3) is 0 Å². The Hall–Kier alpha value is 0.120. The predicted octanol–water partition coefficient (Wildman–Crippen LogP) is 0.599. The van der Waals surface area contributed by atoms with Crippen LogP contribution in [0.2, 0.25) is 0 Å². The van der Waals surface area contributed by atoms with E-state index in [1.54, 1.807) is 4.31 Å². The van der Waals surface area contributed by atoms with Crippen molar-refractivity contribution in [1.82, 2.24) is 9.62 Å². The highest BCUT2D eigenvalue weighted by Gasteiger charge is 2.33. The molecule has 3 atom stereocenters. The minimum Gasteiger partial charge on any atom is -0.377 e. The van der Waals surface area contributed by atoms with E-state index in [1.165, 1.54) is 0 Å². The van der Waals surface area contributed by atoms with Gasteiger partial charge in [0, 0.05) is 31.8 Å². The van der Waals surface area contributed by atoms with Crippen molar-refractivity contribution in [3.63, 3.8) is 0 Å². The van der Waals surface area contributed by atoms with E-state index >= 15 is 0 Å². The molecule has 2 rings (SSSR count). The van der Waals surface area contributed by atoms with E-state index in [9.17, 15) is 8.42 Å². The van der Waals surface area contributed by atoms with Crippen molar-refractivity contribution in [2.45, 2.75) is 44.9 Å². The summed E-state index contributed by atoms with van der Waals surface area (Å²) in [6.45, 7) is 5.88. The third kappa shape index (κ3) is 4.06. The number of rotatable bonds is 3. The van der Waals surface area contributed by atoms with Gasteiger partial charge < -0.3 is 10.1 Å². The molecule has 0 radical (unpaired) electrons. The SMILES string of the molecule is CC1CN(S(=O)(=O)CC2CCCO2)CC(C)N1.Cl. The molecule has 2 aliphatic rings. The molecule has 18 heavy (non-hydrogen) atoms. The number of halogens is 1. The number of sulfonamides is 1. The molecule has 7 heteroatoms. The highest BCUT2D eigenvalue weighted by atomic mass is 35.5. The number of nitrogens with zero attached hydrogens (tertiary/aromatic N) is 1. The van der Waals surface area contributed by atoms with Gasteiger partial charge in [0.1, 0.15) is 0 Å². The van der Waals surface area contributed by atoms with Crippen LogP contribution in [0, 0.1) is 0 Å². The van der Waals surface area contributed by atoms with Crippen molar-refractivity contribution in [2.24, 2.45) is 0 Å². The summed E-state index contributed by atoms with van der Waals surface area (Å²) >= 11 is 0. The van der Waals surface area contributed by atoms with E-state index in [-0.39, 0.29) is 36.3 Å². The smallest absolute Gasteiger partial charge is 0.216 e. The molecular formula is C11H23ClN2O3S. The lowest BCUT2D eigenvalue weighted by atomic mass is 10.2. The van der Waals surface area contributed by atoms with Gasteiger partial charge in [0.15, 0.2) is 0 Å². The zero-order valence-corrected chi connectivity index (χ0v) is 12.6. The van der Waals surface area contributed by atoms with E-state index in [0.29, 0.717) is 19.7 Å². The van der Waals surface area contributed by atoms with Gasteiger partial charge >= 0.3 is 0 Å². The number of ether oxygens (including phenoxy) is 1. The lowest BCUT2D eigenvalue weighted by Gasteiger charge is -2.35. The standard InChI is InChI=1S/C11H22N2O3S.ClH/c1-9-6-13(7-10(2)12-9)17(14,15)8-11-4-3-5-16-11;/h9-12H,3-8H2,1-2H3;1H. The second kappa shape index (κ2) is 6.52. The molecular weight excluding hydrogens is 276 g/mol. The average molecular weight is 299 g/mol. The van der Waals surface area contributed by atoms with Gasteiger partial charge in [-0.1, -0.05) is 0 Å². The van der Waals surface area contributed by atoms with Gasteiger partial charge in [-0.15, -0.1) is 12.4 Å². The first-order valence-corrected chi connectivity index (χ1v) is 7.94. The van der Waals surface area contributed by atoms with Crippen LogP contribution in [0.1, 0.15) is 26.7 Å². The van der Waals surface area contributed by atoms with E-state index in [2.05, 4.69) is 5.32 Å². The summed E-state index contributed by atoms with van der Waals surface area (Å²) in [5, 5.41) is 3.34. The van der Waals surface area contributed by atoms with Crippen LogP contribution in [-0.2, 0) is 14.8 Å². The Labute approximate surface area is 116 Å². The summed E-state index contributed by atoms with van der Waals surface area (Å²) in [6, 6.07) is 0.441. The second-order valence-electron chi connectivity index (χ2n) is 5.20. The van der Waals surface area contributed by atoms with E-state index in [4.69, 9.17) is 4.74 Å². The van der Waals surface area contributed by atoms with Crippen LogP contribution in [-0.4, -0.2) is 56.4 Å². The highest BCUT2D eigenvalue weighted by Crippen LogP contribution is 2.17. The molecule has 1 N–H and O–H groups in total. The summed E-state index contributed by atoms with van der Waals surface area (Å²) in [7, 11) is -3.16. The first-order chi connectivity index (χ1) is 7.97. The third-order valence-corrected chi connectivity index (χ3v) is 5.22. The molecule has 2 fully saturated rings. The molecule has 2 saturated heterocycles. The Kier molecular flexibility index (Phi) is 5.86. The molecule has 0 aromatic heterocycles. The molecule has 0 bridgehead atoms. The molecule has 2 heterocycles. The Bertz CT molecular complexity index is 347. The van der Waals surface area contributed by atoms with Crippen molar-refractivity contribution in [1.29, 1.82) is 0 Å². The zero-order valence-electron chi connectivity index (χ0n) is 11.0. The van der Waals surface area contributed by atoms with Gasteiger partial charge in [-0.2, -0.15) is 4.31 Å². The van der Waals surface area contributed by atoms with Gasteiger partial charge in [-0.3, -0.25) is 0 Å². The van der Waals surface area contributed by atoms with Crippen LogP contribution in [0.15, 0.2) is 0 Å². The third-order valence-electron chi connectivity index (χ3n) is 3.34. The van der Waals surface area contributed by atoms with Gasteiger partial charge in [0.25, 0.3) is 0 Å². The molecule has 108 valence electrons. The van der Waals surface area contributed by atoms with Crippen LogP contribution in [0.5, 0.6) is 0 Å². The normalized spacial score (nSPS) is 34.2. The fourth-order valence-electron chi connectivity index (χ4n) is 2.62. The maximum atomic E-state index is 12.3. The van der Waals surface area contributed by atoms with E-state index in [1.807, 2.05) is 13.8 Å². The Balaban J connectivity index is 0.00000162. The minimum atomic E-state index is -3.16. The fourth-order valence-corrected chi connectivity index (χ4v) is 4.46. The second-order valence-corrected chi connectivity index (χ2v) is 7.21. The van der Waals surface area contributed by atoms with Crippen LogP contribution in [0.3, 0.4) is 0 Å². The molecule has 0 spiro atoms. The maximum absolute atomic E-state index is 12.3. The fraction of sp³-hybridized carbons (Fsp3) is 1.00. The van der Waals surface area contributed by atoms with Gasteiger partial charge in [-0.05, 0) is 26.7 Å². The molecule has 2 aliphatic heterocycles. The first kappa shape index (κ1) is 16.2. The summed E-state index contributed by atoms with van der Waals surface area (Å²) in [4.78, 5) is 0. The molecule has 0 saturated carbocycles. The Morgan fingerprint density at radius 1 is 1.28 bits per heavy atom. The van der Waals surface area contributed by atoms with Crippen molar-refractivity contribution in [3.8, 4) is 0 Å². The molecule has 0 aromatic carbocycles. The number of hydrogen-bond acceptors (Lipinski definition) is 4. The molecule has 0 aromatic rings. The number of nitrogens with one attached hydrogen (secondary N) is 1. The topological polar surface area (TPSA) is 58.6 Å². The van der Waals surface area contributed by atoms with Gasteiger partial charge in [0.2, 0.25) is 10.0 Å². The van der Waals surface area contributed by atoms with Gasteiger partial charge in [-0.25, -0.2) is 8.42 Å². The van der Waals surface area contributed by atoms with Crippen molar-refractivity contribution in [2.75, 3.05) is 25.4 Å². The lowest BCUT2D eigenvalue weighted by Crippen LogP contribution is -2.56. The molecule has 0 aliphatic carbocycles. The van der Waals surface area contributed by atoms with Crippen LogP contribution >= 0.6 is 12.4 Å². The van der Waals surface area contributed by atoms with Crippen LogP contribution < -0.4 is 5.32 Å². The Morgan fingerprint density at radius 2 is 1.89 bits per heavy atom. The average Bonchev–Trinajstić information content (AvgIpc) is 2.68. The van der Waals surface area contributed by atoms with Crippen molar-refractivity contribution in [3.05, 3.63) is 0 Å². The predicted molar refractivity (Wildman–Crippen MR) is 73.6 cm³/mol. The number of piperazine rings is 1. The molecule has 5 nitrogen and oxygen atoms in total. The summed E-state index contributed by atoms with van der Waals surface area (Å²) in [5.74, 6) is 0.145. The largest absolute Gasteiger partial charge is 0.377 e.